The molecule has 1 fully saturated rings. The van der Waals surface area contributed by atoms with E-state index in [0.717, 1.165) is 18.1 Å². The van der Waals surface area contributed by atoms with E-state index in [9.17, 15) is 13.6 Å². The summed E-state index contributed by atoms with van der Waals surface area (Å²) < 4.78 is 24.6. The number of hydrogen-bond donors (Lipinski definition) is 2. The number of amides is 1. The standard InChI is InChI=1S/C13H16F2N2OS2/c14-13(15)20-11-3-1-2-9(6-11)17-12(18)7-10-8-19-5-4-16-10/h1-3,6,10,13,16H,4-5,7-8H2,(H,17,18). The van der Waals surface area contributed by atoms with Crippen LogP contribution in [0.25, 0.3) is 0 Å². The fourth-order valence-corrected chi connectivity index (χ4v) is 3.44. The summed E-state index contributed by atoms with van der Waals surface area (Å²) in [6, 6.07) is 6.72. The molecule has 1 unspecified atom stereocenters. The first-order valence-electron chi connectivity index (χ1n) is 6.29. The lowest BCUT2D eigenvalue weighted by Crippen LogP contribution is -2.39. The third-order valence-electron chi connectivity index (χ3n) is 2.77. The van der Waals surface area contributed by atoms with Gasteiger partial charge in [0, 0.05) is 41.1 Å². The van der Waals surface area contributed by atoms with Crippen molar-refractivity contribution in [1.82, 2.24) is 5.32 Å². The van der Waals surface area contributed by atoms with Gasteiger partial charge in [-0.1, -0.05) is 17.8 Å². The van der Waals surface area contributed by atoms with Crippen LogP contribution in [0.15, 0.2) is 29.2 Å². The Morgan fingerprint density at radius 3 is 3.10 bits per heavy atom. The predicted octanol–water partition coefficient (Wildman–Crippen LogP) is 3.03. The second-order valence-corrected chi connectivity index (χ2v) is 6.60. The van der Waals surface area contributed by atoms with Crippen LogP contribution in [0.5, 0.6) is 0 Å². The summed E-state index contributed by atoms with van der Waals surface area (Å²) in [5, 5.41) is 6.04. The van der Waals surface area contributed by atoms with Crippen LogP contribution in [-0.4, -0.2) is 35.8 Å². The van der Waals surface area contributed by atoms with Crippen molar-refractivity contribution in [2.45, 2.75) is 23.1 Å². The average Bonchev–Trinajstić information content (AvgIpc) is 2.39. The number of anilines is 1. The zero-order valence-electron chi connectivity index (χ0n) is 10.8. The molecule has 110 valence electrons. The molecule has 1 aromatic rings. The highest BCUT2D eigenvalue weighted by Crippen LogP contribution is 2.27. The van der Waals surface area contributed by atoms with Gasteiger partial charge in [-0.05, 0) is 18.2 Å². The molecule has 0 saturated carbocycles. The molecule has 1 saturated heterocycles. The molecule has 2 N–H and O–H groups in total. The van der Waals surface area contributed by atoms with E-state index in [1.54, 1.807) is 24.3 Å². The highest BCUT2D eigenvalue weighted by Gasteiger charge is 2.16. The Morgan fingerprint density at radius 2 is 2.40 bits per heavy atom. The lowest BCUT2D eigenvalue weighted by Gasteiger charge is -2.22. The molecule has 1 aliphatic rings. The maximum Gasteiger partial charge on any atom is 0.288 e. The van der Waals surface area contributed by atoms with Crippen molar-refractivity contribution in [2.24, 2.45) is 0 Å². The van der Waals surface area contributed by atoms with E-state index in [1.165, 1.54) is 0 Å². The first kappa shape index (κ1) is 15.6. The van der Waals surface area contributed by atoms with Crippen molar-refractivity contribution in [3.8, 4) is 0 Å². The third kappa shape index (κ3) is 5.30. The molecule has 0 spiro atoms. The van der Waals surface area contributed by atoms with Gasteiger partial charge in [0.15, 0.2) is 0 Å². The van der Waals surface area contributed by atoms with Crippen LogP contribution in [0, 0.1) is 0 Å². The summed E-state index contributed by atoms with van der Waals surface area (Å²) >= 11 is 2.31. The van der Waals surface area contributed by atoms with Gasteiger partial charge in [-0.25, -0.2) is 0 Å². The van der Waals surface area contributed by atoms with E-state index in [-0.39, 0.29) is 11.9 Å². The van der Waals surface area contributed by atoms with Crippen molar-refractivity contribution < 1.29 is 13.6 Å². The van der Waals surface area contributed by atoms with Crippen LogP contribution >= 0.6 is 23.5 Å². The predicted molar refractivity (Wildman–Crippen MR) is 80.7 cm³/mol. The molecule has 1 atom stereocenters. The van der Waals surface area contributed by atoms with Crippen molar-refractivity contribution in [3.63, 3.8) is 0 Å². The maximum atomic E-state index is 12.3. The molecule has 2 rings (SSSR count). The molecule has 1 aromatic carbocycles. The lowest BCUT2D eigenvalue weighted by atomic mass is 10.2. The van der Waals surface area contributed by atoms with Gasteiger partial charge in [-0.2, -0.15) is 20.5 Å². The molecule has 0 aromatic heterocycles. The van der Waals surface area contributed by atoms with Crippen LogP contribution < -0.4 is 10.6 Å². The summed E-state index contributed by atoms with van der Waals surface area (Å²) in [4.78, 5) is 12.3. The number of alkyl halides is 2. The summed E-state index contributed by atoms with van der Waals surface area (Å²) in [6.07, 6.45) is 0.402. The number of carbonyl (C=O) groups excluding carboxylic acids is 1. The Hall–Kier alpha value is -0.790. The van der Waals surface area contributed by atoms with E-state index in [4.69, 9.17) is 0 Å². The molecule has 1 aliphatic heterocycles. The quantitative estimate of drug-likeness (QED) is 0.819. The molecular weight excluding hydrogens is 302 g/mol. The Morgan fingerprint density at radius 1 is 1.55 bits per heavy atom. The number of halogens is 2. The fraction of sp³-hybridized carbons (Fsp3) is 0.462. The molecule has 3 nitrogen and oxygen atoms in total. The smallest absolute Gasteiger partial charge is 0.288 e. The number of benzene rings is 1. The molecule has 0 radical (unpaired) electrons. The van der Waals surface area contributed by atoms with Gasteiger partial charge in [0.1, 0.15) is 0 Å². The van der Waals surface area contributed by atoms with Crippen LogP contribution in [0.2, 0.25) is 0 Å². The zero-order valence-corrected chi connectivity index (χ0v) is 12.4. The van der Waals surface area contributed by atoms with Gasteiger partial charge in [-0.3, -0.25) is 4.79 Å². The average molecular weight is 318 g/mol. The van der Waals surface area contributed by atoms with Gasteiger partial charge < -0.3 is 10.6 Å². The van der Waals surface area contributed by atoms with Crippen LogP contribution in [-0.2, 0) is 4.79 Å². The van der Waals surface area contributed by atoms with E-state index in [0.29, 0.717) is 28.8 Å². The van der Waals surface area contributed by atoms with Crippen LogP contribution in [0.4, 0.5) is 14.5 Å². The zero-order chi connectivity index (χ0) is 14.4. The number of rotatable bonds is 5. The number of thioether (sulfide) groups is 2. The molecule has 0 aliphatic carbocycles. The summed E-state index contributed by atoms with van der Waals surface area (Å²) in [7, 11) is 0. The topological polar surface area (TPSA) is 41.1 Å². The SMILES string of the molecule is O=C(CC1CSCCN1)Nc1cccc(SC(F)F)c1. The summed E-state index contributed by atoms with van der Waals surface area (Å²) in [5.74, 6) is -0.548. The molecule has 0 bridgehead atoms. The van der Waals surface area contributed by atoms with Crippen molar-refractivity contribution >= 4 is 35.1 Å². The summed E-state index contributed by atoms with van der Waals surface area (Å²) in [5.41, 5.74) is 0.559. The highest BCUT2D eigenvalue weighted by atomic mass is 32.2. The van der Waals surface area contributed by atoms with Crippen LogP contribution in [0.3, 0.4) is 0 Å². The van der Waals surface area contributed by atoms with E-state index < -0.39 is 5.76 Å². The van der Waals surface area contributed by atoms with Crippen molar-refractivity contribution in [2.75, 3.05) is 23.4 Å². The first-order valence-corrected chi connectivity index (χ1v) is 8.33. The van der Waals surface area contributed by atoms with Gasteiger partial charge in [0.25, 0.3) is 5.76 Å². The number of nitrogens with one attached hydrogen (secondary N) is 2. The third-order valence-corrected chi connectivity index (χ3v) is 4.61. The Labute approximate surface area is 125 Å². The van der Waals surface area contributed by atoms with Crippen molar-refractivity contribution in [1.29, 1.82) is 0 Å². The van der Waals surface area contributed by atoms with Crippen molar-refractivity contribution in [3.05, 3.63) is 24.3 Å². The van der Waals surface area contributed by atoms with Gasteiger partial charge >= 0.3 is 0 Å². The second-order valence-electron chi connectivity index (χ2n) is 4.38. The molecule has 7 heteroatoms. The lowest BCUT2D eigenvalue weighted by molar-refractivity contribution is -0.116. The maximum absolute atomic E-state index is 12.3. The summed E-state index contributed by atoms with van der Waals surface area (Å²) in [6.45, 7) is 0.920. The van der Waals surface area contributed by atoms with Gasteiger partial charge in [0.05, 0.1) is 0 Å². The van der Waals surface area contributed by atoms with Gasteiger partial charge in [-0.15, -0.1) is 0 Å². The normalized spacial score (nSPS) is 19.1. The minimum Gasteiger partial charge on any atom is -0.326 e. The molecule has 1 amide bonds. The van der Waals surface area contributed by atoms with E-state index in [1.807, 2.05) is 11.8 Å². The highest BCUT2D eigenvalue weighted by molar-refractivity contribution is 7.99. The van der Waals surface area contributed by atoms with Gasteiger partial charge in [0.2, 0.25) is 5.91 Å². The van der Waals surface area contributed by atoms with E-state index in [2.05, 4.69) is 10.6 Å². The molecular formula is C13H16F2N2OS2. The van der Waals surface area contributed by atoms with Crippen LogP contribution in [0.1, 0.15) is 6.42 Å². The monoisotopic (exact) mass is 318 g/mol. The Balaban J connectivity index is 1.86. The largest absolute Gasteiger partial charge is 0.326 e. The fourth-order valence-electron chi connectivity index (χ4n) is 1.94. The molecule has 20 heavy (non-hydrogen) atoms. The van der Waals surface area contributed by atoms with E-state index >= 15 is 0 Å². The Kier molecular flexibility index (Phi) is 6.12. The minimum atomic E-state index is -2.45. The number of hydrogen-bond acceptors (Lipinski definition) is 4. The second kappa shape index (κ2) is 7.85. The Bertz CT molecular complexity index is 454. The molecule has 1 heterocycles. The minimum absolute atomic E-state index is 0.0933. The number of carbonyl (C=O) groups is 1. The first-order chi connectivity index (χ1) is 9.63.